The van der Waals surface area contributed by atoms with Gasteiger partial charge in [-0.2, -0.15) is 0 Å². The molecule has 0 aliphatic carbocycles. The number of rotatable bonds is 2. The fourth-order valence-corrected chi connectivity index (χ4v) is 11.6. The molecule has 9 aromatic carbocycles. The van der Waals surface area contributed by atoms with E-state index in [1.54, 1.807) is 12.1 Å². The van der Waals surface area contributed by atoms with Gasteiger partial charge >= 0.3 is 0 Å². The van der Waals surface area contributed by atoms with Crippen LogP contribution in [-0.4, -0.2) is 15.5 Å². The molecule has 0 spiro atoms. The quantitative estimate of drug-likeness (QED) is 0.0978. The van der Waals surface area contributed by atoms with Crippen LogP contribution in [0.15, 0.2) is 201 Å². The third-order valence-electron chi connectivity index (χ3n) is 14.4. The summed E-state index contributed by atoms with van der Waals surface area (Å²) in [6.07, 6.45) is 0. The van der Waals surface area contributed by atoms with Gasteiger partial charge in [0.2, 0.25) is 0 Å². The van der Waals surface area contributed by atoms with Crippen molar-refractivity contribution >= 4 is 116 Å². The Balaban J connectivity index is 0.911. The van der Waals surface area contributed by atoms with Crippen molar-refractivity contribution in [3.05, 3.63) is 223 Å². The molecular weight excluding hydrogens is 829 g/mol. The van der Waals surface area contributed by atoms with Gasteiger partial charge in [-0.3, -0.25) is 19.2 Å². The van der Waals surface area contributed by atoms with E-state index in [0.29, 0.717) is 65.6 Å². The first-order chi connectivity index (χ1) is 32.9. The van der Waals surface area contributed by atoms with E-state index >= 15 is 0 Å². The molecule has 0 saturated carbocycles. The lowest BCUT2D eigenvalue weighted by molar-refractivity contribution is 0.488. The zero-order chi connectivity index (χ0) is 44.4. The normalized spacial score (nSPS) is 13.1. The van der Waals surface area contributed by atoms with Crippen LogP contribution in [0.4, 0.5) is 17.1 Å². The molecule has 67 heavy (non-hydrogen) atoms. The van der Waals surface area contributed by atoms with Crippen molar-refractivity contribution in [1.82, 2.24) is 8.80 Å². The van der Waals surface area contributed by atoms with Gasteiger partial charge in [0.15, 0.2) is 21.7 Å². The van der Waals surface area contributed by atoms with Crippen LogP contribution in [0.5, 0.6) is 11.5 Å². The summed E-state index contributed by atoms with van der Waals surface area (Å²) < 4.78 is 11.0. The van der Waals surface area contributed by atoms with Crippen LogP contribution < -0.4 is 47.7 Å². The van der Waals surface area contributed by atoms with Crippen molar-refractivity contribution in [2.75, 3.05) is 4.90 Å². The smallest absolute Gasteiger partial charge is 0.256 e. The molecular formula is C58H30BN3O5. The molecule has 0 saturated heterocycles. The molecule has 0 N–H and O–H groups in total. The van der Waals surface area contributed by atoms with Gasteiger partial charge < -0.3 is 18.4 Å². The predicted molar refractivity (Wildman–Crippen MR) is 272 cm³/mol. The monoisotopic (exact) mass is 859 g/mol. The minimum Gasteiger partial charge on any atom is -0.458 e. The lowest BCUT2D eigenvalue weighted by atomic mass is 9.34. The third-order valence-corrected chi connectivity index (χ3v) is 14.4. The zero-order valence-corrected chi connectivity index (χ0v) is 35.3. The summed E-state index contributed by atoms with van der Waals surface area (Å²) in [4.78, 5) is 59.1. The van der Waals surface area contributed by atoms with Gasteiger partial charge in [0.25, 0.3) is 6.71 Å². The van der Waals surface area contributed by atoms with E-state index in [9.17, 15) is 19.2 Å². The Morgan fingerprint density at radius 1 is 0.358 bits per heavy atom. The summed E-state index contributed by atoms with van der Waals surface area (Å²) >= 11 is 0. The summed E-state index contributed by atoms with van der Waals surface area (Å²) in [5, 5.41) is 4.30. The first kappa shape index (κ1) is 36.3. The number of fused-ring (bicyclic) bond motifs is 12. The molecule has 15 rings (SSSR count). The predicted octanol–water partition coefficient (Wildman–Crippen LogP) is 9.50. The lowest BCUT2D eigenvalue weighted by Crippen LogP contribution is -2.59. The Morgan fingerprint density at radius 2 is 0.881 bits per heavy atom. The van der Waals surface area contributed by atoms with Crippen LogP contribution in [0, 0.1) is 0 Å². The average molecular weight is 860 g/mol. The molecule has 0 bridgehead atoms. The number of ether oxygens (including phenoxy) is 1. The van der Waals surface area contributed by atoms with Crippen molar-refractivity contribution in [2.45, 2.75) is 0 Å². The highest BCUT2D eigenvalue weighted by atomic mass is 16.5. The van der Waals surface area contributed by atoms with Crippen LogP contribution >= 0.6 is 0 Å². The fraction of sp³-hybridized carbons (Fsp3) is 0. The van der Waals surface area contributed by atoms with Crippen LogP contribution in [0.1, 0.15) is 0 Å². The Bertz CT molecular complexity index is 4580. The standard InChI is InChI=1S/C58H30BN3O5/c63-55-34-11-1-5-17-44(34)62-47-26-24-33(30-39(47)58(66)38-15-9-14-37(55)53(38)62)60-48-20-8-4-16-42(48)59-43-25-23-31(29-51(43)67-50-22-10-21-49(60)52(50)59)32-27-40-54-41(28-32)57(65)36-13-3-7-19-46(36)61(54)45-18-6-2-12-35(45)56(40)64/h1-30H. The number of hydrogen-bond acceptors (Lipinski definition) is 6. The van der Waals surface area contributed by atoms with Gasteiger partial charge in [-0.1, -0.05) is 78.9 Å². The zero-order valence-electron chi connectivity index (χ0n) is 35.3. The minimum absolute atomic E-state index is 0.0875. The van der Waals surface area contributed by atoms with Gasteiger partial charge in [-0.15, -0.1) is 0 Å². The molecule has 0 atom stereocenters. The number of nitrogens with zero attached hydrogens (tertiary/aromatic N) is 3. The topological polar surface area (TPSA) is 89.6 Å². The van der Waals surface area contributed by atoms with Crippen LogP contribution in [0.3, 0.4) is 0 Å². The first-order valence-electron chi connectivity index (χ1n) is 22.3. The van der Waals surface area contributed by atoms with Crippen molar-refractivity contribution in [3.8, 4) is 22.6 Å². The first-order valence-corrected chi connectivity index (χ1v) is 22.3. The van der Waals surface area contributed by atoms with Gasteiger partial charge in [-0.25, -0.2) is 0 Å². The van der Waals surface area contributed by atoms with Gasteiger partial charge in [0, 0.05) is 60.2 Å². The second-order valence-corrected chi connectivity index (χ2v) is 17.7. The highest BCUT2D eigenvalue weighted by Gasteiger charge is 2.41. The molecule has 8 nitrogen and oxygen atoms in total. The summed E-state index contributed by atoms with van der Waals surface area (Å²) in [6.45, 7) is -0.183. The highest BCUT2D eigenvalue weighted by molar-refractivity contribution is 6.99. The van der Waals surface area contributed by atoms with Crippen molar-refractivity contribution in [3.63, 3.8) is 0 Å². The summed E-state index contributed by atoms with van der Waals surface area (Å²) in [7, 11) is 0. The summed E-state index contributed by atoms with van der Waals surface area (Å²) in [5.41, 5.74) is 11.2. The van der Waals surface area contributed by atoms with E-state index in [2.05, 4.69) is 56.2 Å². The molecule has 2 aliphatic rings. The molecule has 0 radical (unpaired) electrons. The minimum atomic E-state index is -0.183. The Labute approximate surface area is 378 Å². The summed E-state index contributed by atoms with van der Waals surface area (Å²) in [6, 6.07) is 58.7. The van der Waals surface area contributed by atoms with Crippen molar-refractivity contribution in [1.29, 1.82) is 0 Å². The molecule has 9 heteroatoms. The van der Waals surface area contributed by atoms with E-state index < -0.39 is 0 Å². The number of aromatic nitrogens is 2. The SMILES string of the molecule is O=c1c2ccccc2n2c3ccc(N4c5ccccc5B5c6ccc(-c7cc8c(=O)c9ccccc9n9c%10ccccc%10c(=O)c(c7)c89)cc6Oc6cccc4c65)cc3c(=O)c3cccc1c32. The number of benzene rings is 9. The van der Waals surface area contributed by atoms with Crippen LogP contribution in [-0.2, 0) is 0 Å². The van der Waals surface area contributed by atoms with Crippen molar-refractivity contribution in [2.24, 2.45) is 0 Å². The molecule has 0 amide bonds. The van der Waals surface area contributed by atoms with E-state index in [0.717, 1.165) is 66.6 Å². The molecule has 4 aromatic heterocycles. The third kappa shape index (κ3) is 4.61. The molecule has 6 heterocycles. The number of hydrogen-bond donors (Lipinski definition) is 0. The summed E-state index contributed by atoms with van der Waals surface area (Å²) in [5.74, 6) is 1.40. The lowest BCUT2D eigenvalue weighted by Gasteiger charge is -2.40. The Morgan fingerprint density at radius 3 is 1.55 bits per heavy atom. The van der Waals surface area contributed by atoms with E-state index in [1.165, 1.54) is 0 Å². The van der Waals surface area contributed by atoms with E-state index in [4.69, 9.17) is 4.74 Å². The Hall–Kier alpha value is -9.08. The molecule has 310 valence electrons. The Kier molecular flexibility index (Phi) is 6.93. The van der Waals surface area contributed by atoms with Crippen molar-refractivity contribution < 1.29 is 4.74 Å². The maximum Gasteiger partial charge on any atom is 0.256 e. The molecule has 0 fully saturated rings. The molecule has 13 aromatic rings. The van der Waals surface area contributed by atoms with Gasteiger partial charge in [0.1, 0.15) is 11.5 Å². The maximum absolute atomic E-state index is 14.6. The highest BCUT2D eigenvalue weighted by Crippen LogP contribution is 2.42. The van der Waals surface area contributed by atoms with Gasteiger partial charge in [0.05, 0.1) is 33.1 Å². The van der Waals surface area contributed by atoms with Crippen LogP contribution in [0.25, 0.3) is 87.3 Å². The second kappa shape index (κ2) is 12.8. The van der Waals surface area contributed by atoms with E-state index in [-0.39, 0.29) is 28.4 Å². The van der Waals surface area contributed by atoms with Gasteiger partial charge in [-0.05, 0) is 131 Å². The molecule has 2 aliphatic heterocycles. The van der Waals surface area contributed by atoms with E-state index in [1.807, 2.05) is 127 Å². The maximum atomic E-state index is 14.6. The number of anilines is 3. The van der Waals surface area contributed by atoms with Crippen LogP contribution in [0.2, 0.25) is 0 Å². The molecule has 0 unspecified atom stereocenters. The number of pyridine rings is 4. The second-order valence-electron chi connectivity index (χ2n) is 17.7. The fourth-order valence-electron chi connectivity index (χ4n) is 11.6. The largest absolute Gasteiger partial charge is 0.458 e. The average Bonchev–Trinajstić information content (AvgIpc) is 3.38. The number of para-hydroxylation sites is 5.